The lowest BCUT2D eigenvalue weighted by Crippen LogP contribution is -2.19. The number of anilines is 1. The van der Waals surface area contributed by atoms with Gasteiger partial charge in [-0.1, -0.05) is 59.8 Å². The van der Waals surface area contributed by atoms with Gasteiger partial charge in [-0.15, -0.1) is 10.2 Å². The molecule has 0 bridgehead atoms. The lowest BCUT2D eigenvalue weighted by Gasteiger charge is -2.16. The molecule has 174 valence electrons. The van der Waals surface area contributed by atoms with E-state index in [0.717, 1.165) is 36.5 Å². The van der Waals surface area contributed by atoms with E-state index in [0.29, 0.717) is 18.2 Å². The van der Waals surface area contributed by atoms with Gasteiger partial charge < -0.3 is 19.4 Å². The maximum atomic E-state index is 12.3. The second-order valence-corrected chi connectivity index (χ2v) is 9.19. The van der Waals surface area contributed by atoms with Crippen LogP contribution in [0.15, 0.2) is 53.7 Å². The van der Waals surface area contributed by atoms with E-state index in [2.05, 4.69) is 52.1 Å². The number of thioether (sulfide) groups is 1. The quantitative estimate of drug-likeness (QED) is 0.348. The summed E-state index contributed by atoms with van der Waals surface area (Å²) >= 11 is 1.35. The normalized spacial score (nSPS) is 15.5. The molecule has 33 heavy (non-hydrogen) atoms. The molecule has 1 atom stereocenters. The molecule has 0 amide bonds. The van der Waals surface area contributed by atoms with Crippen LogP contribution in [0.2, 0.25) is 0 Å². The summed E-state index contributed by atoms with van der Waals surface area (Å²) in [7, 11) is 0. The fourth-order valence-electron chi connectivity index (χ4n) is 3.82. The van der Waals surface area contributed by atoms with Gasteiger partial charge in [0.15, 0.2) is 11.0 Å². The van der Waals surface area contributed by atoms with Crippen molar-refractivity contribution in [1.82, 2.24) is 14.8 Å². The van der Waals surface area contributed by atoms with Crippen molar-refractivity contribution in [2.45, 2.75) is 57.6 Å². The molecular weight excluding hydrogens is 436 g/mol. The zero-order chi connectivity index (χ0) is 23.0. The Balaban J connectivity index is 1.39. The van der Waals surface area contributed by atoms with Crippen LogP contribution in [0.5, 0.6) is 0 Å². The number of nitrogens with zero attached hydrogens (tertiary/aromatic N) is 3. The molecule has 1 saturated heterocycles. The van der Waals surface area contributed by atoms with Gasteiger partial charge in [-0.3, -0.25) is 4.79 Å². The van der Waals surface area contributed by atoms with Gasteiger partial charge in [-0.2, -0.15) is 0 Å². The van der Waals surface area contributed by atoms with E-state index in [1.165, 1.54) is 22.9 Å². The fraction of sp³-hybridized carbons (Fsp3) is 0.400. The Morgan fingerprint density at radius 3 is 2.82 bits per heavy atom. The van der Waals surface area contributed by atoms with Crippen LogP contribution in [-0.2, 0) is 34.0 Å². The molecule has 0 unspecified atom stereocenters. The molecule has 7 nitrogen and oxygen atoms in total. The summed E-state index contributed by atoms with van der Waals surface area (Å²) in [5.74, 6) is 0.733. The maximum absolute atomic E-state index is 12.3. The molecule has 3 aromatic rings. The number of hydrogen-bond donors (Lipinski definition) is 1. The summed E-state index contributed by atoms with van der Waals surface area (Å²) < 4.78 is 13.3. The number of hydrogen-bond acceptors (Lipinski definition) is 7. The molecule has 1 aliphatic heterocycles. The first kappa shape index (κ1) is 23.3. The third-order valence-corrected chi connectivity index (χ3v) is 6.52. The summed E-state index contributed by atoms with van der Waals surface area (Å²) in [5, 5.41) is 13.0. The van der Waals surface area contributed by atoms with Crippen molar-refractivity contribution in [2.24, 2.45) is 0 Å². The van der Waals surface area contributed by atoms with Crippen LogP contribution in [0.25, 0.3) is 0 Å². The highest BCUT2D eigenvalue weighted by Gasteiger charge is 2.21. The summed E-state index contributed by atoms with van der Waals surface area (Å²) in [6, 6.07) is 16.0. The van der Waals surface area contributed by atoms with Gasteiger partial charge in [0.25, 0.3) is 0 Å². The number of benzene rings is 2. The van der Waals surface area contributed by atoms with Gasteiger partial charge in [0, 0.05) is 12.3 Å². The lowest BCUT2D eigenvalue weighted by atomic mass is 10.1. The van der Waals surface area contributed by atoms with E-state index in [1.807, 2.05) is 30.3 Å². The van der Waals surface area contributed by atoms with Gasteiger partial charge in [-0.05, 0) is 43.9 Å². The zero-order valence-corrected chi connectivity index (χ0v) is 19.9. The van der Waals surface area contributed by atoms with Crippen molar-refractivity contribution in [3.05, 3.63) is 71.0 Å². The average Bonchev–Trinajstić information content (AvgIpc) is 3.47. The monoisotopic (exact) mass is 466 g/mol. The van der Waals surface area contributed by atoms with Crippen LogP contribution in [0, 0.1) is 13.8 Å². The molecule has 0 spiro atoms. The summed E-state index contributed by atoms with van der Waals surface area (Å²) in [6.45, 7) is 6.46. The number of nitrogens with one attached hydrogen (secondary N) is 1. The van der Waals surface area contributed by atoms with Gasteiger partial charge in [-0.25, -0.2) is 0 Å². The van der Waals surface area contributed by atoms with Crippen LogP contribution in [0.4, 0.5) is 5.69 Å². The predicted molar refractivity (Wildman–Crippen MR) is 129 cm³/mol. The number of carbonyl (C=O) groups excluding carboxylic acids is 1. The van der Waals surface area contributed by atoms with Crippen molar-refractivity contribution in [1.29, 1.82) is 0 Å². The van der Waals surface area contributed by atoms with Gasteiger partial charge in [0.1, 0.15) is 6.61 Å². The Kier molecular flexibility index (Phi) is 8.01. The van der Waals surface area contributed by atoms with Crippen LogP contribution >= 0.6 is 11.8 Å². The van der Waals surface area contributed by atoms with Crippen molar-refractivity contribution >= 4 is 23.4 Å². The molecule has 1 N–H and O–H groups in total. The van der Waals surface area contributed by atoms with Crippen LogP contribution in [-0.4, -0.2) is 39.2 Å². The summed E-state index contributed by atoms with van der Waals surface area (Å²) in [6.07, 6.45) is 2.23. The van der Waals surface area contributed by atoms with Crippen LogP contribution < -0.4 is 5.32 Å². The molecule has 1 aromatic heterocycles. The molecule has 1 fully saturated rings. The van der Waals surface area contributed by atoms with E-state index in [-0.39, 0.29) is 24.4 Å². The highest BCUT2D eigenvalue weighted by Crippen LogP contribution is 2.23. The maximum Gasteiger partial charge on any atom is 0.316 e. The number of aryl methyl sites for hydroxylation is 2. The van der Waals surface area contributed by atoms with E-state index >= 15 is 0 Å². The first-order chi connectivity index (χ1) is 16.1. The van der Waals surface area contributed by atoms with Crippen molar-refractivity contribution < 1.29 is 14.3 Å². The SMILES string of the molecule is Cc1ccc(NCc2nnc(SCC(=O)OCc3ccccc3)n2C[C@@H]2CCCO2)c(C)c1. The predicted octanol–water partition coefficient (Wildman–Crippen LogP) is 4.52. The van der Waals surface area contributed by atoms with E-state index in [4.69, 9.17) is 9.47 Å². The fourth-order valence-corrected chi connectivity index (χ4v) is 4.59. The highest BCUT2D eigenvalue weighted by atomic mass is 32.2. The molecule has 0 radical (unpaired) electrons. The topological polar surface area (TPSA) is 78.3 Å². The lowest BCUT2D eigenvalue weighted by molar-refractivity contribution is -0.141. The van der Waals surface area contributed by atoms with Gasteiger partial charge >= 0.3 is 5.97 Å². The first-order valence-electron chi connectivity index (χ1n) is 11.3. The van der Waals surface area contributed by atoms with Crippen LogP contribution in [0.3, 0.4) is 0 Å². The zero-order valence-electron chi connectivity index (χ0n) is 19.1. The number of carbonyl (C=O) groups is 1. The molecule has 0 saturated carbocycles. The van der Waals surface area contributed by atoms with Gasteiger partial charge in [0.2, 0.25) is 0 Å². The van der Waals surface area contributed by atoms with Crippen molar-refractivity contribution in [3.8, 4) is 0 Å². The summed E-state index contributed by atoms with van der Waals surface area (Å²) in [5.41, 5.74) is 4.47. The molecule has 2 heterocycles. The minimum atomic E-state index is -0.273. The van der Waals surface area contributed by atoms with Crippen LogP contribution in [0.1, 0.15) is 35.4 Å². The van der Waals surface area contributed by atoms with E-state index in [9.17, 15) is 4.79 Å². The Bertz CT molecular complexity index is 1060. The molecule has 2 aromatic carbocycles. The van der Waals surface area contributed by atoms with Crippen molar-refractivity contribution in [2.75, 3.05) is 17.7 Å². The molecule has 1 aliphatic rings. The molecular formula is C25H30N4O3S. The summed E-state index contributed by atoms with van der Waals surface area (Å²) in [4.78, 5) is 12.3. The highest BCUT2D eigenvalue weighted by molar-refractivity contribution is 7.99. The van der Waals surface area contributed by atoms with Gasteiger partial charge in [0.05, 0.1) is 24.9 Å². The second kappa shape index (κ2) is 11.3. The van der Waals surface area contributed by atoms with Crippen molar-refractivity contribution in [3.63, 3.8) is 0 Å². The Morgan fingerprint density at radius 2 is 2.06 bits per heavy atom. The number of esters is 1. The third-order valence-electron chi connectivity index (χ3n) is 5.58. The minimum absolute atomic E-state index is 0.144. The number of aromatic nitrogens is 3. The largest absolute Gasteiger partial charge is 0.460 e. The van der Waals surface area contributed by atoms with E-state index < -0.39 is 0 Å². The molecule has 0 aliphatic carbocycles. The van der Waals surface area contributed by atoms with E-state index in [1.54, 1.807) is 0 Å². The Hall–Kier alpha value is -2.84. The second-order valence-electron chi connectivity index (χ2n) is 8.25. The number of ether oxygens (including phenoxy) is 2. The average molecular weight is 467 g/mol. The Labute approximate surface area is 198 Å². The molecule has 8 heteroatoms. The third kappa shape index (κ3) is 6.58. The minimum Gasteiger partial charge on any atom is -0.460 e. The standard InChI is InChI=1S/C25H30N4O3S/c1-18-10-11-22(19(2)13-18)26-14-23-27-28-25(29(23)15-21-9-6-12-31-21)33-17-24(30)32-16-20-7-4-3-5-8-20/h3-5,7-8,10-11,13,21,26H,6,9,12,14-17H2,1-2H3/t21-/m0/s1. The Morgan fingerprint density at radius 1 is 1.21 bits per heavy atom. The smallest absolute Gasteiger partial charge is 0.316 e. The molecule has 4 rings (SSSR count). The first-order valence-corrected chi connectivity index (χ1v) is 12.2. The number of rotatable bonds is 10.